The van der Waals surface area contributed by atoms with E-state index < -0.39 is 0 Å². The molecular formula is C15H19N3O2. The summed E-state index contributed by atoms with van der Waals surface area (Å²) in [5.74, 6) is 1.29. The van der Waals surface area contributed by atoms with E-state index in [2.05, 4.69) is 15.4 Å². The summed E-state index contributed by atoms with van der Waals surface area (Å²) < 4.78 is 10.9. The van der Waals surface area contributed by atoms with Crippen LogP contribution >= 0.6 is 0 Å². The molecule has 5 heteroatoms. The predicted molar refractivity (Wildman–Crippen MR) is 76.7 cm³/mol. The van der Waals surface area contributed by atoms with Crippen molar-refractivity contribution in [1.29, 1.82) is 0 Å². The molecule has 106 valence electrons. The Morgan fingerprint density at radius 2 is 2.00 bits per heavy atom. The number of nitrogens with zero attached hydrogens (tertiary/aromatic N) is 2. The lowest BCUT2D eigenvalue weighted by molar-refractivity contribution is 0.184. The molecule has 5 nitrogen and oxygen atoms in total. The molecule has 0 bridgehead atoms. The van der Waals surface area contributed by atoms with Crippen molar-refractivity contribution >= 4 is 0 Å². The quantitative estimate of drug-likeness (QED) is 0.897. The largest absolute Gasteiger partial charge is 0.474 e. The summed E-state index contributed by atoms with van der Waals surface area (Å²) in [6, 6.07) is 11.7. The Morgan fingerprint density at radius 1 is 1.20 bits per heavy atom. The minimum absolute atomic E-state index is 0.555. The normalized spacial score (nSPS) is 16.2. The van der Waals surface area contributed by atoms with Gasteiger partial charge in [0.25, 0.3) is 5.88 Å². The molecule has 1 aliphatic heterocycles. The lowest BCUT2D eigenvalue weighted by atomic mass is 10.2. The zero-order valence-corrected chi connectivity index (χ0v) is 11.4. The number of benzene rings is 1. The van der Waals surface area contributed by atoms with Gasteiger partial charge in [-0.2, -0.15) is 0 Å². The third kappa shape index (κ3) is 3.37. The molecule has 1 N–H and O–H groups in total. The third-order valence-corrected chi connectivity index (χ3v) is 3.41. The molecule has 0 aliphatic carbocycles. The zero-order valence-electron chi connectivity index (χ0n) is 11.4. The molecule has 3 rings (SSSR count). The highest BCUT2D eigenvalue weighted by molar-refractivity contribution is 5.57. The van der Waals surface area contributed by atoms with Crippen LogP contribution in [0.15, 0.2) is 40.9 Å². The van der Waals surface area contributed by atoms with Gasteiger partial charge in [-0.15, -0.1) is 0 Å². The monoisotopic (exact) mass is 273 g/mol. The van der Waals surface area contributed by atoms with Gasteiger partial charge in [-0.25, -0.2) is 0 Å². The summed E-state index contributed by atoms with van der Waals surface area (Å²) in [7, 11) is 0. The van der Waals surface area contributed by atoms with Crippen molar-refractivity contribution in [3.05, 3.63) is 36.4 Å². The van der Waals surface area contributed by atoms with E-state index in [1.54, 1.807) is 0 Å². The summed E-state index contributed by atoms with van der Waals surface area (Å²) in [5.41, 5.74) is 1.01. The Kier molecular flexibility index (Phi) is 4.30. The first kappa shape index (κ1) is 13.1. The third-order valence-electron chi connectivity index (χ3n) is 3.41. The van der Waals surface area contributed by atoms with Crippen LogP contribution in [-0.4, -0.2) is 49.4 Å². The summed E-state index contributed by atoms with van der Waals surface area (Å²) in [6.07, 6.45) is 0. The summed E-state index contributed by atoms with van der Waals surface area (Å²) in [4.78, 5) is 2.38. The van der Waals surface area contributed by atoms with Gasteiger partial charge in [-0.1, -0.05) is 30.3 Å². The second-order valence-corrected chi connectivity index (χ2v) is 4.84. The predicted octanol–water partition coefficient (Wildman–Crippen LogP) is 1.63. The molecular weight excluding hydrogens is 254 g/mol. The van der Waals surface area contributed by atoms with E-state index in [9.17, 15) is 0 Å². The highest BCUT2D eigenvalue weighted by Gasteiger charge is 2.10. The molecule has 1 aromatic heterocycles. The van der Waals surface area contributed by atoms with E-state index in [-0.39, 0.29) is 0 Å². The second kappa shape index (κ2) is 6.54. The van der Waals surface area contributed by atoms with Crippen LogP contribution in [0.4, 0.5) is 0 Å². The molecule has 1 aromatic carbocycles. The van der Waals surface area contributed by atoms with Crippen LogP contribution in [0.2, 0.25) is 0 Å². The first-order valence-corrected chi connectivity index (χ1v) is 7.00. The standard InChI is InChI=1S/C15H19N3O2/c1-2-4-13(5-3-1)14-12-15(17-20-14)19-11-10-18-8-6-16-7-9-18/h1-5,12,16H,6-11H2. The fourth-order valence-electron chi connectivity index (χ4n) is 2.28. The van der Waals surface area contributed by atoms with Gasteiger partial charge < -0.3 is 14.6 Å². The van der Waals surface area contributed by atoms with Crippen LogP contribution in [0, 0.1) is 0 Å². The van der Waals surface area contributed by atoms with Crippen LogP contribution < -0.4 is 10.1 Å². The lowest BCUT2D eigenvalue weighted by Gasteiger charge is -2.26. The summed E-state index contributed by atoms with van der Waals surface area (Å²) in [6.45, 7) is 5.84. The maximum Gasteiger partial charge on any atom is 0.254 e. The van der Waals surface area contributed by atoms with Gasteiger partial charge in [-0.05, 0) is 5.16 Å². The van der Waals surface area contributed by atoms with Gasteiger partial charge in [-0.3, -0.25) is 4.90 Å². The number of ether oxygens (including phenoxy) is 1. The van der Waals surface area contributed by atoms with Gasteiger partial charge in [0.2, 0.25) is 0 Å². The topological polar surface area (TPSA) is 50.5 Å². The molecule has 0 unspecified atom stereocenters. The van der Waals surface area contributed by atoms with E-state index in [1.165, 1.54) is 0 Å². The molecule has 0 amide bonds. The Labute approximate surface area is 118 Å². The number of hydrogen-bond donors (Lipinski definition) is 1. The molecule has 1 fully saturated rings. The fourth-order valence-corrected chi connectivity index (χ4v) is 2.28. The maximum atomic E-state index is 5.64. The van der Waals surface area contributed by atoms with Crippen LogP contribution in [0.1, 0.15) is 0 Å². The SMILES string of the molecule is c1ccc(-c2cc(OCCN3CCNCC3)no2)cc1. The van der Waals surface area contributed by atoms with Crippen LogP contribution in [0.3, 0.4) is 0 Å². The molecule has 1 aliphatic rings. The van der Waals surface area contributed by atoms with Gasteiger partial charge in [0.1, 0.15) is 6.61 Å². The van der Waals surface area contributed by atoms with Crippen molar-refractivity contribution in [3.63, 3.8) is 0 Å². The molecule has 0 radical (unpaired) electrons. The lowest BCUT2D eigenvalue weighted by Crippen LogP contribution is -2.44. The first-order chi connectivity index (χ1) is 9.92. The van der Waals surface area contributed by atoms with E-state index >= 15 is 0 Å². The van der Waals surface area contributed by atoms with Crippen LogP contribution in [-0.2, 0) is 0 Å². The minimum Gasteiger partial charge on any atom is -0.474 e. The molecule has 2 aromatic rings. The van der Waals surface area contributed by atoms with Crippen molar-refractivity contribution < 1.29 is 9.26 Å². The van der Waals surface area contributed by atoms with Crippen molar-refractivity contribution in [2.24, 2.45) is 0 Å². The van der Waals surface area contributed by atoms with Crippen molar-refractivity contribution in [3.8, 4) is 17.2 Å². The van der Waals surface area contributed by atoms with Gasteiger partial charge in [0.15, 0.2) is 5.76 Å². The van der Waals surface area contributed by atoms with Gasteiger partial charge in [0.05, 0.1) is 0 Å². The fraction of sp³-hybridized carbons (Fsp3) is 0.400. The molecule has 0 atom stereocenters. The Hall–Kier alpha value is -1.85. The Morgan fingerprint density at radius 3 is 2.80 bits per heavy atom. The van der Waals surface area contributed by atoms with Gasteiger partial charge in [0, 0.05) is 44.4 Å². The number of rotatable bonds is 5. The van der Waals surface area contributed by atoms with E-state index in [4.69, 9.17) is 9.26 Å². The highest BCUT2D eigenvalue weighted by Crippen LogP contribution is 2.22. The van der Waals surface area contributed by atoms with Crippen LogP contribution in [0.5, 0.6) is 5.88 Å². The minimum atomic E-state index is 0.555. The number of aromatic nitrogens is 1. The number of nitrogens with one attached hydrogen (secondary N) is 1. The molecule has 20 heavy (non-hydrogen) atoms. The van der Waals surface area contributed by atoms with Gasteiger partial charge >= 0.3 is 0 Å². The van der Waals surface area contributed by atoms with Crippen LogP contribution in [0.25, 0.3) is 11.3 Å². The average Bonchev–Trinajstić information content (AvgIpc) is 2.98. The Bertz CT molecular complexity index is 521. The molecule has 0 saturated carbocycles. The molecule has 2 heterocycles. The summed E-state index contributed by atoms with van der Waals surface area (Å²) >= 11 is 0. The highest BCUT2D eigenvalue weighted by atomic mass is 16.5. The summed E-state index contributed by atoms with van der Waals surface area (Å²) in [5, 5.41) is 7.28. The van der Waals surface area contributed by atoms with Crippen molar-refractivity contribution in [2.75, 3.05) is 39.3 Å². The zero-order chi connectivity index (χ0) is 13.6. The first-order valence-electron chi connectivity index (χ1n) is 7.00. The average molecular weight is 273 g/mol. The second-order valence-electron chi connectivity index (χ2n) is 4.84. The maximum absolute atomic E-state index is 5.64. The van der Waals surface area contributed by atoms with E-state index in [1.807, 2.05) is 36.4 Å². The van der Waals surface area contributed by atoms with Crippen molar-refractivity contribution in [2.45, 2.75) is 0 Å². The number of piperazine rings is 1. The Balaban J connectivity index is 1.50. The molecule has 1 saturated heterocycles. The molecule has 0 spiro atoms. The number of hydrogen-bond acceptors (Lipinski definition) is 5. The van der Waals surface area contributed by atoms with E-state index in [0.717, 1.165) is 44.0 Å². The van der Waals surface area contributed by atoms with Crippen molar-refractivity contribution in [1.82, 2.24) is 15.4 Å². The van der Waals surface area contributed by atoms with E-state index in [0.29, 0.717) is 12.5 Å². The smallest absolute Gasteiger partial charge is 0.254 e.